The lowest BCUT2D eigenvalue weighted by Gasteiger charge is -2.20. The van der Waals surface area contributed by atoms with Crippen LogP contribution in [0.25, 0.3) is 5.57 Å². The number of benzene rings is 2. The van der Waals surface area contributed by atoms with E-state index in [1.807, 2.05) is 38.1 Å². The third kappa shape index (κ3) is 3.19. The number of hydrogen-bond donors (Lipinski definition) is 1. The van der Waals surface area contributed by atoms with Gasteiger partial charge in [-0.1, -0.05) is 41.4 Å². The quantitative estimate of drug-likeness (QED) is 0.776. The number of ether oxygens (including phenoxy) is 1. The van der Waals surface area contributed by atoms with Gasteiger partial charge in [0, 0.05) is 16.3 Å². The summed E-state index contributed by atoms with van der Waals surface area (Å²) in [5.41, 5.74) is 4.53. The van der Waals surface area contributed by atoms with Crippen molar-refractivity contribution < 1.29 is 18.9 Å². The Morgan fingerprint density at radius 1 is 1.10 bits per heavy atom. The molecule has 2 heterocycles. The van der Waals surface area contributed by atoms with E-state index in [9.17, 15) is 9.59 Å². The monoisotopic (exact) mass is 410 g/mol. The van der Waals surface area contributed by atoms with Crippen LogP contribution < -0.4 is 5.32 Å². The van der Waals surface area contributed by atoms with Gasteiger partial charge in [0.05, 0.1) is 14.1 Å². The van der Waals surface area contributed by atoms with Gasteiger partial charge in [-0.25, -0.2) is 4.79 Å². The molecule has 2 aromatic carbocycles. The van der Waals surface area contributed by atoms with Crippen LogP contribution in [0.3, 0.4) is 0 Å². The van der Waals surface area contributed by atoms with Crippen molar-refractivity contribution >= 4 is 40.7 Å². The molecule has 0 radical (unpaired) electrons. The Labute approximate surface area is 174 Å². The molecule has 1 atom stereocenters. The Hall–Kier alpha value is -3.12. The fourth-order valence-corrected chi connectivity index (χ4v) is 3.79. The van der Waals surface area contributed by atoms with Gasteiger partial charge in [-0.05, 0) is 43.2 Å². The molecule has 0 aliphatic carbocycles. The van der Waals surface area contributed by atoms with E-state index in [2.05, 4.69) is 11.4 Å². The largest absolute Gasteiger partial charge is 0.502 e. The summed E-state index contributed by atoms with van der Waals surface area (Å²) >= 11 is 6.06. The molecule has 0 aromatic heterocycles. The molecule has 7 heteroatoms. The number of hydrogen-bond acceptors (Lipinski definition) is 4. The Morgan fingerprint density at radius 3 is 2.45 bits per heavy atom. The molecule has 0 bridgehead atoms. The highest BCUT2D eigenvalue weighted by Gasteiger charge is 2.53. The van der Waals surface area contributed by atoms with Crippen molar-refractivity contribution in [3.8, 4) is 0 Å². The van der Waals surface area contributed by atoms with Crippen molar-refractivity contribution in [2.75, 3.05) is 19.4 Å². The van der Waals surface area contributed by atoms with E-state index in [0.717, 1.165) is 27.3 Å². The van der Waals surface area contributed by atoms with E-state index < -0.39 is 11.9 Å². The number of anilines is 1. The first-order valence-electron chi connectivity index (χ1n) is 9.22. The molecule has 0 saturated carbocycles. The van der Waals surface area contributed by atoms with E-state index >= 15 is 0 Å². The van der Waals surface area contributed by atoms with Crippen LogP contribution in [0.2, 0.25) is 5.02 Å². The number of nitrogens with zero attached hydrogens (tertiary/aromatic N) is 2. The molecule has 3 amide bonds. The van der Waals surface area contributed by atoms with E-state index in [1.165, 1.54) is 11.6 Å². The minimum Gasteiger partial charge on any atom is -0.408 e. The fourth-order valence-electron chi connectivity index (χ4n) is 3.67. The summed E-state index contributed by atoms with van der Waals surface area (Å²) < 4.78 is 7.44. The maximum absolute atomic E-state index is 13.0. The number of aryl methyl sites for hydroxylation is 2. The first-order valence-corrected chi connectivity index (χ1v) is 9.60. The number of amides is 3. The molecule has 1 unspecified atom stereocenters. The Bertz CT molecular complexity index is 1100. The van der Waals surface area contributed by atoms with Crippen LogP contribution in [0.5, 0.6) is 0 Å². The summed E-state index contributed by atoms with van der Waals surface area (Å²) in [7, 11) is 3.08. The second kappa shape index (κ2) is 7.04. The molecule has 2 aliphatic heterocycles. The van der Waals surface area contributed by atoms with E-state index in [4.69, 9.17) is 16.3 Å². The molecular weight excluding hydrogens is 390 g/mol. The van der Waals surface area contributed by atoms with Gasteiger partial charge in [0.2, 0.25) is 5.88 Å². The molecule has 0 spiro atoms. The molecule has 2 aliphatic rings. The van der Waals surface area contributed by atoms with Crippen molar-refractivity contribution in [1.82, 2.24) is 4.90 Å². The van der Waals surface area contributed by atoms with Crippen LogP contribution in [-0.2, 0) is 9.53 Å². The van der Waals surface area contributed by atoms with Crippen molar-refractivity contribution in [3.05, 3.63) is 70.1 Å². The molecule has 0 fully saturated rings. The van der Waals surface area contributed by atoms with Crippen molar-refractivity contribution in [3.63, 3.8) is 0 Å². The van der Waals surface area contributed by atoms with E-state index in [1.54, 1.807) is 19.2 Å². The number of fused-ring (bicyclic) bond motifs is 1. The fraction of sp³-hybridized carbons (Fsp3) is 0.227. The molecule has 0 saturated heterocycles. The second-order valence-electron chi connectivity index (χ2n) is 7.31. The minimum atomic E-state index is -0.711. The number of carbonyl (C=O) groups is 2. The summed E-state index contributed by atoms with van der Waals surface area (Å²) in [6, 6.07) is 12.8. The maximum Gasteiger partial charge on any atom is 0.502 e. The van der Waals surface area contributed by atoms with Gasteiger partial charge < -0.3 is 10.1 Å². The highest BCUT2D eigenvalue weighted by atomic mass is 35.5. The Kier molecular flexibility index (Phi) is 4.67. The summed E-state index contributed by atoms with van der Waals surface area (Å²) in [6.45, 7) is 4.03. The third-order valence-corrected chi connectivity index (χ3v) is 5.51. The predicted molar refractivity (Wildman–Crippen MR) is 112 cm³/mol. The summed E-state index contributed by atoms with van der Waals surface area (Å²) in [4.78, 5) is 26.5. The smallest absolute Gasteiger partial charge is 0.408 e. The van der Waals surface area contributed by atoms with Crippen LogP contribution in [0, 0.1) is 19.8 Å². The van der Waals surface area contributed by atoms with Crippen LogP contribution in [0.1, 0.15) is 16.7 Å². The van der Waals surface area contributed by atoms with Gasteiger partial charge in [-0.2, -0.15) is 14.3 Å². The molecule has 1 N–H and O–H groups in total. The third-order valence-electron chi connectivity index (χ3n) is 5.25. The highest BCUT2D eigenvalue weighted by Crippen LogP contribution is 2.39. The first-order chi connectivity index (χ1) is 13.8. The zero-order valence-corrected chi connectivity index (χ0v) is 17.4. The average molecular weight is 411 g/mol. The zero-order chi connectivity index (χ0) is 20.9. The molecule has 4 rings (SSSR count). The molecular formula is C22H21ClN3O3+. The van der Waals surface area contributed by atoms with Crippen LogP contribution in [-0.4, -0.2) is 41.4 Å². The predicted octanol–water partition coefficient (Wildman–Crippen LogP) is 4.02. The van der Waals surface area contributed by atoms with Gasteiger partial charge in [0.15, 0.2) is 5.92 Å². The van der Waals surface area contributed by atoms with E-state index in [0.29, 0.717) is 22.4 Å². The molecule has 29 heavy (non-hydrogen) atoms. The Balaban J connectivity index is 1.88. The van der Waals surface area contributed by atoms with Crippen LogP contribution in [0.15, 0.2) is 48.3 Å². The van der Waals surface area contributed by atoms with Gasteiger partial charge >= 0.3 is 11.9 Å². The summed E-state index contributed by atoms with van der Waals surface area (Å²) in [5, 5.41) is 3.92. The standard InChI is InChI=1S/C22H21ClN3O3/c1-12-5-10-16(13(2)11-12)24-19-17(14-6-8-15(23)9-7-14)18-20(27)25(3)22(28)26(4)21(18)29-19/h5-11,18,24H,1-4H3/q+1. The number of nitrogens with one attached hydrogen (secondary N) is 1. The average Bonchev–Trinajstić information content (AvgIpc) is 3.07. The SMILES string of the molecule is Cc1ccc(NC2=C(c3ccc(Cl)cc3)C3C(=O)N(C)C(=O)[N+](C)=C3O2)c(C)c1. The normalized spacial score (nSPS) is 18.9. The zero-order valence-electron chi connectivity index (χ0n) is 16.6. The second-order valence-corrected chi connectivity index (χ2v) is 7.74. The van der Waals surface area contributed by atoms with Gasteiger partial charge in [0.1, 0.15) is 0 Å². The van der Waals surface area contributed by atoms with Crippen molar-refractivity contribution in [1.29, 1.82) is 0 Å². The minimum absolute atomic E-state index is 0.301. The maximum atomic E-state index is 13.0. The molecule has 148 valence electrons. The molecule has 6 nitrogen and oxygen atoms in total. The Morgan fingerprint density at radius 2 is 1.79 bits per heavy atom. The lowest BCUT2D eigenvalue weighted by atomic mass is 9.91. The lowest BCUT2D eigenvalue weighted by Crippen LogP contribution is -2.51. The van der Waals surface area contributed by atoms with E-state index in [-0.39, 0.29) is 5.91 Å². The number of carbonyl (C=O) groups excluding carboxylic acids is 2. The number of urea groups is 1. The molecule has 2 aromatic rings. The lowest BCUT2D eigenvalue weighted by molar-refractivity contribution is -0.415. The topological polar surface area (TPSA) is 61.7 Å². The van der Waals surface area contributed by atoms with Crippen molar-refractivity contribution in [2.24, 2.45) is 5.92 Å². The van der Waals surface area contributed by atoms with Crippen LogP contribution >= 0.6 is 11.6 Å². The van der Waals surface area contributed by atoms with Gasteiger partial charge in [0.25, 0.3) is 5.90 Å². The van der Waals surface area contributed by atoms with Gasteiger partial charge in [-0.3, -0.25) is 0 Å². The summed E-state index contributed by atoms with van der Waals surface area (Å²) in [6.07, 6.45) is 0. The van der Waals surface area contributed by atoms with Crippen LogP contribution in [0.4, 0.5) is 10.5 Å². The van der Waals surface area contributed by atoms with Gasteiger partial charge in [-0.15, -0.1) is 0 Å². The summed E-state index contributed by atoms with van der Waals surface area (Å²) in [5.74, 6) is -0.305. The number of rotatable bonds is 3. The number of imide groups is 1. The van der Waals surface area contributed by atoms with Crippen molar-refractivity contribution in [2.45, 2.75) is 13.8 Å². The first kappa shape index (κ1) is 19.2. The number of halogens is 1. The highest BCUT2D eigenvalue weighted by molar-refractivity contribution is 6.30.